The fourth-order valence-electron chi connectivity index (χ4n) is 10.2. The lowest BCUT2D eigenvalue weighted by atomic mass is 9.52. The Morgan fingerprint density at radius 2 is 0.566 bits per heavy atom. The van der Waals surface area contributed by atoms with Gasteiger partial charge in [-0.25, -0.2) is 0 Å². The van der Waals surface area contributed by atoms with Gasteiger partial charge in [0.15, 0.2) is 0 Å². The fourth-order valence-corrected chi connectivity index (χ4v) is 10.2. The van der Waals surface area contributed by atoms with Gasteiger partial charge in [-0.05, 0) is 49.4 Å². The number of hydrogen-bond donors (Lipinski definition) is 2. The summed E-state index contributed by atoms with van der Waals surface area (Å²) in [5.74, 6) is -1.42. The number of carbonyl (C=O) groups is 2. The summed E-state index contributed by atoms with van der Waals surface area (Å²) in [6.07, 6.45) is 53.1. The molecule has 314 valence electrons. The molecular weight excluding hydrogens is 653 g/mol. The van der Waals surface area contributed by atoms with Crippen LogP contribution in [0.5, 0.6) is 0 Å². The van der Waals surface area contributed by atoms with Crippen molar-refractivity contribution in [3.05, 3.63) is 0 Å². The summed E-state index contributed by atoms with van der Waals surface area (Å²) in [7, 11) is 0. The average Bonchev–Trinajstić information content (AvgIpc) is 3.18. The molecule has 0 aromatic carbocycles. The third kappa shape index (κ3) is 26.4. The molecule has 0 aliphatic heterocycles. The van der Waals surface area contributed by atoms with Crippen molar-refractivity contribution >= 4 is 11.9 Å². The largest absolute Gasteiger partial charge is 0.481 e. The van der Waals surface area contributed by atoms with E-state index in [0.717, 1.165) is 12.8 Å². The Balaban J connectivity index is 2.81. The van der Waals surface area contributed by atoms with Gasteiger partial charge in [0.1, 0.15) is 0 Å². The molecule has 4 nitrogen and oxygen atoms in total. The zero-order chi connectivity index (χ0) is 38.6. The van der Waals surface area contributed by atoms with Crippen LogP contribution in [-0.4, -0.2) is 22.2 Å². The molecule has 0 aromatic rings. The van der Waals surface area contributed by atoms with Crippen LogP contribution in [0.1, 0.15) is 290 Å². The van der Waals surface area contributed by atoms with Crippen LogP contribution < -0.4 is 0 Å². The second-order valence-corrected chi connectivity index (χ2v) is 18.0. The third-order valence-electron chi connectivity index (χ3n) is 13.6. The maximum atomic E-state index is 12.1. The first-order valence-corrected chi connectivity index (χ1v) is 24.3. The highest BCUT2D eigenvalue weighted by Gasteiger charge is 2.49. The fraction of sp³-hybridized carbons (Fsp3) is 0.959. The highest BCUT2D eigenvalue weighted by molar-refractivity contribution is 5.67. The van der Waals surface area contributed by atoms with E-state index in [1.165, 1.54) is 238 Å². The molecule has 1 saturated carbocycles. The lowest BCUT2D eigenvalue weighted by Crippen LogP contribution is -2.43. The van der Waals surface area contributed by atoms with E-state index >= 15 is 0 Å². The standard InChI is InChI=1S/C49H94O4/c1-3-5-7-9-11-13-15-17-18-19-20-22-24-27-31-35-41-48(40-34-30-26-23-21-16-14-12-10-8-6-4-2)42-36-32-28-25-29-33-37-43-49(48,44-38-46(50)51)45-39-47(52)53/h3-45H2,1-2H3,(H,50,51)(H,52,53). The van der Waals surface area contributed by atoms with E-state index in [1.54, 1.807) is 0 Å². The van der Waals surface area contributed by atoms with Gasteiger partial charge in [-0.3, -0.25) is 9.59 Å². The molecule has 4 heteroatoms. The molecule has 0 saturated heterocycles. The first kappa shape index (κ1) is 50.0. The summed E-state index contributed by atoms with van der Waals surface area (Å²) in [4.78, 5) is 24.3. The summed E-state index contributed by atoms with van der Waals surface area (Å²) in [5.41, 5.74) is -0.113. The van der Waals surface area contributed by atoms with Gasteiger partial charge in [0.25, 0.3) is 0 Å². The molecule has 2 N–H and O–H groups in total. The van der Waals surface area contributed by atoms with Crippen molar-refractivity contribution in [2.24, 2.45) is 10.8 Å². The second-order valence-electron chi connectivity index (χ2n) is 18.0. The van der Waals surface area contributed by atoms with Gasteiger partial charge in [-0.1, -0.05) is 239 Å². The minimum atomic E-state index is -0.712. The van der Waals surface area contributed by atoms with Crippen LogP contribution in [0.4, 0.5) is 0 Å². The summed E-state index contributed by atoms with van der Waals surface area (Å²) >= 11 is 0. The Labute approximate surface area is 331 Å². The summed E-state index contributed by atoms with van der Waals surface area (Å²) in [6, 6.07) is 0. The monoisotopic (exact) mass is 747 g/mol. The Kier molecular flexibility index (Phi) is 33.3. The van der Waals surface area contributed by atoms with Crippen LogP contribution in [0, 0.1) is 10.8 Å². The predicted octanol–water partition coefficient (Wildman–Crippen LogP) is 17.0. The van der Waals surface area contributed by atoms with Crippen molar-refractivity contribution in [3.8, 4) is 0 Å². The van der Waals surface area contributed by atoms with Gasteiger partial charge in [0.2, 0.25) is 0 Å². The number of rotatable bonds is 36. The van der Waals surface area contributed by atoms with E-state index in [4.69, 9.17) is 0 Å². The molecule has 1 aliphatic rings. The molecule has 1 fully saturated rings. The van der Waals surface area contributed by atoms with Crippen LogP contribution in [0.15, 0.2) is 0 Å². The van der Waals surface area contributed by atoms with E-state index in [-0.39, 0.29) is 23.7 Å². The minimum absolute atomic E-state index is 0.0662. The molecule has 1 unspecified atom stereocenters. The first-order chi connectivity index (χ1) is 25.9. The average molecular weight is 747 g/mol. The van der Waals surface area contributed by atoms with E-state index in [9.17, 15) is 19.8 Å². The number of aliphatic carboxylic acids is 2. The third-order valence-corrected chi connectivity index (χ3v) is 13.6. The van der Waals surface area contributed by atoms with Crippen LogP contribution in [0.25, 0.3) is 0 Å². The van der Waals surface area contributed by atoms with Crippen molar-refractivity contribution in [2.45, 2.75) is 290 Å². The first-order valence-electron chi connectivity index (χ1n) is 24.3. The zero-order valence-electron chi connectivity index (χ0n) is 36.1. The number of unbranched alkanes of at least 4 members (excludes halogenated alkanes) is 26. The molecule has 1 rings (SSSR count). The smallest absolute Gasteiger partial charge is 0.303 e. The Morgan fingerprint density at radius 1 is 0.340 bits per heavy atom. The van der Waals surface area contributed by atoms with Gasteiger partial charge in [-0.2, -0.15) is 0 Å². The number of hydrogen-bond acceptors (Lipinski definition) is 2. The maximum absolute atomic E-state index is 12.1. The Morgan fingerprint density at radius 3 is 0.830 bits per heavy atom. The normalized spacial score (nSPS) is 18.2. The highest BCUT2D eigenvalue weighted by atomic mass is 16.4. The minimum Gasteiger partial charge on any atom is -0.481 e. The molecule has 1 atom stereocenters. The zero-order valence-corrected chi connectivity index (χ0v) is 36.1. The highest BCUT2D eigenvalue weighted by Crippen LogP contribution is 2.59. The van der Waals surface area contributed by atoms with Gasteiger partial charge < -0.3 is 10.2 Å². The van der Waals surface area contributed by atoms with Crippen molar-refractivity contribution < 1.29 is 19.8 Å². The van der Waals surface area contributed by atoms with Gasteiger partial charge in [0.05, 0.1) is 0 Å². The molecule has 0 bridgehead atoms. The SMILES string of the molecule is CCCCCCCCCCCCCCCCCCC1(CCCCCCCCCCCCCC)CCCCCCCCCC1(CCC(=O)O)CCC(=O)O. The molecule has 53 heavy (non-hydrogen) atoms. The van der Waals surface area contributed by atoms with Crippen LogP contribution >= 0.6 is 0 Å². The van der Waals surface area contributed by atoms with Crippen molar-refractivity contribution in [1.82, 2.24) is 0 Å². The quantitative estimate of drug-likeness (QED) is 0.0626. The van der Waals surface area contributed by atoms with Crippen molar-refractivity contribution in [1.29, 1.82) is 0 Å². The number of carboxylic acid groups (broad SMARTS) is 2. The lowest BCUT2D eigenvalue weighted by Gasteiger charge is -2.53. The van der Waals surface area contributed by atoms with Crippen molar-refractivity contribution in [2.75, 3.05) is 0 Å². The molecular formula is C49H94O4. The second kappa shape index (κ2) is 35.4. The molecule has 0 spiro atoms. The van der Waals surface area contributed by atoms with E-state index in [0.29, 0.717) is 12.8 Å². The molecule has 1 aliphatic carbocycles. The van der Waals surface area contributed by atoms with E-state index in [1.807, 2.05) is 0 Å². The summed E-state index contributed by atoms with van der Waals surface area (Å²) < 4.78 is 0. The van der Waals surface area contributed by atoms with Gasteiger partial charge >= 0.3 is 11.9 Å². The molecule has 0 heterocycles. The topological polar surface area (TPSA) is 74.6 Å². The Bertz CT molecular complexity index is 805. The Hall–Kier alpha value is -1.06. The summed E-state index contributed by atoms with van der Waals surface area (Å²) in [5, 5.41) is 19.9. The maximum Gasteiger partial charge on any atom is 0.303 e. The van der Waals surface area contributed by atoms with Gasteiger partial charge in [0, 0.05) is 12.8 Å². The molecule has 0 aromatic heterocycles. The van der Waals surface area contributed by atoms with Gasteiger partial charge in [-0.15, -0.1) is 0 Å². The van der Waals surface area contributed by atoms with Crippen molar-refractivity contribution in [3.63, 3.8) is 0 Å². The number of carboxylic acids is 2. The lowest BCUT2D eigenvalue weighted by molar-refractivity contribution is -0.140. The molecule has 0 radical (unpaired) electrons. The van der Waals surface area contributed by atoms with E-state index in [2.05, 4.69) is 13.8 Å². The van der Waals surface area contributed by atoms with E-state index < -0.39 is 11.9 Å². The predicted molar refractivity (Wildman–Crippen MR) is 230 cm³/mol. The molecule has 0 amide bonds. The summed E-state index contributed by atoms with van der Waals surface area (Å²) in [6.45, 7) is 4.58. The van der Waals surface area contributed by atoms with Crippen LogP contribution in [-0.2, 0) is 9.59 Å². The van der Waals surface area contributed by atoms with Crippen LogP contribution in [0.2, 0.25) is 0 Å². The van der Waals surface area contributed by atoms with Crippen LogP contribution in [0.3, 0.4) is 0 Å².